The molecular weight excluding hydrogens is 632 g/mol. The van der Waals surface area contributed by atoms with E-state index in [1.165, 1.54) is 25.3 Å². The average Bonchev–Trinajstić information content (AvgIpc) is 3.43. The maximum Gasteiger partial charge on any atom is 0.506 e. The van der Waals surface area contributed by atoms with Gasteiger partial charge in [0.2, 0.25) is 0 Å². The number of nitrogens with one attached hydrogen (secondary N) is 1. The molecule has 6 rings (SSSR count). The van der Waals surface area contributed by atoms with Gasteiger partial charge in [-0.05, 0) is 56.5 Å². The van der Waals surface area contributed by atoms with Crippen molar-refractivity contribution in [2.75, 3.05) is 0 Å². The molecular formula is C36H32N4O9. The number of aromatic amines is 1. The third-order valence-corrected chi connectivity index (χ3v) is 9.25. The number of nitro groups is 1. The Labute approximate surface area is 278 Å². The van der Waals surface area contributed by atoms with Crippen molar-refractivity contribution in [3.63, 3.8) is 0 Å². The highest BCUT2D eigenvalue weighted by molar-refractivity contribution is 6.19. The zero-order chi connectivity index (χ0) is 35.0. The molecule has 3 N–H and O–H groups in total. The smallest absolute Gasteiger partial charge is 0.450 e. The number of ether oxygens (including phenoxy) is 1. The number of fused-ring (bicyclic) bond motifs is 1. The predicted molar refractivity (Wildman–Crippen MR) is 179 cm³/mol. The Bertz CT molecular complexity index is 2230. The van der Waals surface area contributed by atoms with E-state index in [1.807, 2.05) is 42.5 Å². The molecule has 49 heavy (non-hydrogen) atoms. The molecule has 0 amide bonds. The molecule has 1 aliphatic rings. The van der Waals surface area contributed by atoms with E-state index in [2.05, 4.69) is 9.97 Å². The maximum absolute atomic E-state index is 14.5. The Hall–Kier alpha value is -5.95. The number of carbonyl (C=O) groups excluding carboxylic acids is 1. The van der Waals surface area contributed by atoms with Gasteiger partial charge in [-0.3, -0.25) is 29.3 Å². The summed E-state index contributed by atoms with van der Waals surface area (Å²) < 4.78 is 6.40. The van der Waals surface area contributed by atoms with Gasteiger partial charge in [-0.15, -0.1) is 0 Å². The fourth-order valence-electron chi connectivity index (χ4n) is 6.93. The molecule has 0 bridgehead atoms. The van der Waals surface area contributed by atoms with E-state index >= 15 is 0 Å². The number of nitro benzene ring substituents is 1. The summed E-state index contributed by atoms with van der Waals surface area (Å²) in [4.78, 5) is 70.7. The molecule has 0 spiro atoms. The molecule has 250 valence electrons. The van der Waals surface area contributed by atoms with Crippen molar-refractivity contribution in [2.45, 2.75) is 50.9 Å². The van der Waals surface area contributed by atoms with Crippen molar-refractivity contribution in [2.24, 2.45) is 5.92 Å². The van der Waals surface area contributed by atoms with Gasteiger partial charge in [0, 0.05) is 46.6 Å². The lowest BCUT2D eigenvalue weighted by Gasteiger charge is -2.32. The van der Waals surface area contributed by atoms with Gasteiger partial charge in [-0.2, -0.15) is 0 Å². The number of pyridine rings is 1. The molecule has 1 aliphatic carbocycles. The molecule has 1 saturated carbocycles. The second-order valence-corrected chi connectivity index (χ2v) is 12.5. The Balaban J connectivity index is 1.45. The number of hydrogen-bond donors (Lipinski definition) is 3. The van der Waals surface area contributed by atoms with Crippen LogP contribution in [0.1, 0.15) is 59.3 Å². The number of carbonyl (C=O) groups is 2. The third-order valence-electron chi connectivity index (χ3n) is 9.25. The van der Waals surface area contributed by atoms with Crippen LogP contribution < -0.4 is 11.2 Å². The SMILES string of the molecule is Cc1c[nH]c(=O)n([C@@H]2C[C@H](CC(C)(OC(=O)O)c3cc(C(=O)c4c(-c5ccccc5)ncc5ccccc45)ccc3[N+](=O)[O-])[C@H](O)C2)c1=O. The number of aliphatic hydroxyl groups is 1. The topological polar surface area (TPSA) is 195 Å². The first-order chi connectivity index (χ1) is 23.4. The van der Waals surface area contributed by atoms with Gasteiger partial charge in [0.15, 0.2) is 5.78 Å². The highest BCUT2D eigenvalue weighted by Gasteiger charge is 2.45. The number of nitrogens with zero attached hydrogens (tertiary/aromatic N) is 3. The van der Waals surface area contributed by atoms with Crippen LogP contribution in [-0.2, 0) is 10.3 Å². The summed E-state index contributed by atoms with van der Waals surface area (Å²) in [5.41, 5.74) is -2.14. The molecule has 2 aromatic heterocycles. The first kappa shape index (κ1) is 33.0. The van der Waals surface area contributed by atoms with Crippen molar-refractivity contribution in [3.8, 4) is 11.3 Å². The Morgan fingerprint density at radius 3 is 2.51 bits per heavy atom. The summed E-state index contributed by atoms with van der Waals surface area (Å²) in [5.74, 6) is -1.25. The molecule has 0 radical (unpaired) electrons. The van der Waals surface area contributed by atoms with Crippen LogP contribution in [0.5, 0.6) is 0 Å². The first-order valence-corrected chi connectivity index (χ1v) is 15.6. The fraction of sp³-hybridized carbons (Fsp3) is 0.250. The minimum absolute atomic E-state index is 0.0111. The minimum atomic E-state index is -1.94. The molecule has 1 fully saturated rings. The van der Waals surface area contributed by atoms with E-state index in [-0.39, 0.29) is 36.0 Å². The van der Waals surface area contributed by atoms with Crippen LogP contribution in [0.25, 0.3) is 22.0 Å². The minimum Gasteiger partial charge on any atom is -0.450 e. The zero-order valence-corrected chi connectivity index (χ0v) is 26.5. The molecule has 0 aliphatic heterocycles. The Kier molecular flexibility index (Phi) is 8.69. The average molecular weight is 665 g/mol. The molecule has 4 atom stereocenters. The fourth-order valence-corrected chi connectivity index (χ4v) is 6.93. The lowest BCUT2D eigenvalue weighted by Crippen LogP contribution is -2.38. The molecule has 2 heterocycles. The quantitative estimate of drug-likeness (QED) is 0.0782. The number of H-pyrrole nitrogens is 1. The molecule has 13 heteroatoms. The van der Waals surface area contributed by atoms with Crippen molar-refractivity contribution < 1.29 is 29.5 Å². The molecule has 0 saturated heterocycles. The maximum atomic E-state index is 14.5. The lowest BCUT2D eigenvalue weighted by atomic mass is 9.82. The third kappa shape index (κ3) is 6.23. The summed E-state index contributed by atoms with van der Waals surface area (Å²) in [6.07, 6.45) is -0.0311. The molecule has 3 aromatic carbocycles. The van der Waals surface area contributed by atoms with E-state index in [4.69, 9.17) is 4.74 Å². The summed E-state index contributed by atoms with van der Waals surface area (Å²) in [5, 5.41) is 34.6. The summed E-state index contributed by atoms with van der Waals surface area (Å²) >= 11 is 0. The number of benzene rings is 3. The number of aryl methyl sites for hydroxylation is 1. The number of hydrogen-bond acceptors (Lipinski definition) is 9. The van der Waals surface area contributed by atoms with E-state index in [1.54, 1.807) is 25.3 Å². The summed E-state index contributed by atoms with van der Waals surface area (Å²) in [6.45, 7) is 2.89. The van der Waals surface area contributed by atoms with Crippen LogP contribution in [0.15, 0.2) is 94.8 Å². The van der Waals surface area contributed by atoms with Gasteiger partial charge in [0.25, 0.3) is 11.2 Å². The summed E-state index contributed by atoms with van der Waals surface area (Å²) in [6, 6.07) is 19.2. The van der Waals surface area contributed by atoms with E-state index in [0.29, 0.717) is 27.6 Å². The van der Waals surface area contributed by atoms with E-state index in [0.717, 1.165) is 10.6 Å². The summed E-state index contributed by atoms with van der Waals surface area (Å²) in [7, 11) is 0. The van der Waals surface area contributed by atoms with Gasteiger partial charge in [0.1, 0.15) is 5.60 Å². The number of aromatic nitrogens is 3. The predicted octanol–water partition coefficient (Wildman–Crippen LogP) is 5.51. The number of rotatable bonds is 9. The highest BCUT2D eigenvalue weighted by Crippen LogP contribution is 2.45. The number of ketones is 1. The number of carboxylic acid groups (broad SMARTS) is 1. The molecule has 5 aromatic rings. The van der Waals surface area contributed by atoms with Crippen molar-refractivity contribution in [1.82, 2.24) is 14.5 Å². The lowest BCUT2D eigenvalue weighted by molar-refractivity contribution is -0.386. The van der Waals surface area contributed by atoms with Crippen LogP contribution in [0.4, 0.5) is 10.5 Å². The first-order valence-electron chi connectivity index (χ1n) is 15.6. The zero-order valence-electron chi connectivity index (χ0n) is 26.5. The van der Waals surface area contributed by atoms with E-state index < -0.39 is 57.5 Å². The van der Waals surface area contributed by atoms with Gasteiger partial charge >= 0.3 is 11.8 Å². The monoisotopic (exact) mass is 664 g/mol. The standard InChI is InChI=1S/C36H32N4O9/c1-20-18-38-34(44)39(33(20)43)25-14-24(29(41)16-25)17-36(2,49-35(45)46)27-15-22(12-13-28(27)40(47)48)32(42)30-26-11-7-6-10-23(26)19-37-31(30)21-8-4-3-5-9-21/h3-13,15,18-19,24-25,29,41H,14,16-17H2,1-2H3,(H,38,44)(H,45,46)/t24-,25-,29-,36?/m1/s1. The second kappa shape index (κ2) is 12.9. The highest BCUT2D eigenvalue weighted by atomic mass is 16.7. The largest absolute Gasteiger partial charge is 0.506 e. The second-order valence-electron chi connectivity index (χ2n) is 12.5. The normalized spacial score (nSPS) is 18.6. The van der Waals surface area contributed by atoms with Crippen LogP contribution in [0, 0.1) is 23.0 Å². The molecule has 1 unspecified atom stereocenters. The van der Waals surface area contributed by atoms with Crippen molar-refractivity contribution in [1.29, 1.82) is 0 Å². The van der Waals surface area contributed by atoms with Gasteiger partial charge in [-0.25, -0.2) is 9.59 Å². The Morgan fingerprint density at radius 1 is 1.08 bits per heavy atom. The van der Waals surface area contributed by atoms with Crippen molar-refractivity contribution >= 4 is 28.4 Å². The molecule has 13 nitrogen and oxygen atoms in total. The Morgan fingerprint density at radius 2 is 1.80 bits per heavy atom. The number of aliphatic hydroxyl groups excluding tert-OH is 1. The van der Waals surface area contributed by atoms with Crippen LogP contribution in [0.2, 0.25) is 0 Å². The van der Waals surface area contributed by atoms with Crippen LogP contribution in [0.3, 0.4) is 0 Å². The van der Waals surface area contributed by atoms with Crippen LogP contribution >= 0.6 is 0 Å². The van der Waals surface area contributed by atoms with Gasteiger partial charge in [0.05, 0.1) is 27.8 Å². The van der Waals surface area contributed by atoms with Gasteiger partial charge < -0.3 is 19.9 Å². The van der Waals surface area contributed by atoms with Crippen molar-refractivity contribution in [3.05, 3.63) is 138 Å². The van der Waals surface area contributed by atoms with Crippen LogP contribution in [-0.4, -0.2) is 47.7 Å². The van der Waals surface area contributed by atoms with Gasteiger partial charge in [-0.1, -0.05) is 54.6 Å². The van der Waals surface area contributed by atoms with E-state index in [9.17, 15) is 39.5 Å².